The first-order valence-corrected chi connectivity index (χ1v) is 6.26. The quantitative estimate of drug-likeness (QED) is 0.800. The van der Waals surface area contributed by atoms with Crippen LogP contribution in [0.2, 0.25) is 0 Å². The number of rotatable bonds is 4. The van der Waals surface area contributed by atoms with Crippen LogP contribution >= 0.6 is 15.9 Å². The van der Waals surface area contributed by atoms with Crippen molar-refractivity contribution in [1.82, 2.24) is 9.97 Å². The van der Waals surface area contributed by atoms with Crippen molar-refractivity contribution < 1.29 is 0 Å². The molecule has 1 heterocycles. The number of hydrogen-bond donors (Lipinski definition) is 3. The maximum absolute atomic E-state index is 11.3. The summed E-state index contributed by atoms with van der Waals surface area (Å²) in [6.07, 6.45) is 0.808. The molecule has 1 aromatic carbocycles. The molecule has 0 amide bonds. The molecule has 2 rings (SSSR count). The van der Waals surface area contributed by atoms with E-state index >= 15 is 0 Å². The van der Waals surface area contributed by atoms with Crippen LogP contribution in [0, 0.1) is 0 Å². The van der Waals surface area contributed by atoms with Crippen molar-refractivity contribution >= 4 is 21.7 Å². The van der Waals surface area contributed by atoms with Gasteiger partial charge in [0.25, 0.3) is 5.56 Å². The van der Waals surface area contributed by atoms with E-state index in [0.717, 1.165) is 6.42 Å². The van der Waals surface area contributed by atoms with Crippen molar-refractivity contribution in [3.8, 4) is 0 Å². The van der Waals surface area contributed by atoms with Gasteiger partial charge in [0.05, 0.1) is 0 Å². The number of nitrogens with one attached hydrogen (secondary N) is 3. The molecule has 94 valence electrons. The topological polar surface area (TPSA) is 77.8 Å². The highest BCUT2D eigenvalue weighted by Gasteiger charge is 2.05. The molecule has 0 aliphatic carbocycles. The standard InChI is InChI=1S/C12H12BrN3O2/c13-9-10(15-12(18)16-11(9)17)14-7-6-8-4-2-1-3-5-8/h1-5H,6-7H2,(H3,14,15,16,17,18). The van der Waals surface area contributed by atoms with Crippen LogP contribution in [0.4, 0.5) is 5.82 Å². The average Bonchev–Trinajstić information content (AvgIpc) is 2.36. The van der Waals surface area contributed by atoms with E-state index in [2.05, 4.69) is 31.2 Å². The molecule has 2 aromatic rings. The highest BCUT2D eigenvalue weighted by atomic mass is 79.9. The second kappa shape index (κ2) is 5.68. The lowest BCUT2D eigenvalue weighted by atomic mass is 10.1. The van der Waals surface area contributed by atoms with Crippen molar-refractivity contribution in [3.05, 3.63) is 61.2 Å². The van der Waals surface area contributed by atoms with Crippen molar-refractivity contribution in [2.75, 3.05) is 11.9 Å². The molecular weight excluding hydrogens is 298 g/mol. The van der Waals surface area contributed by atoms with Gasteiger partial charge in [0, 0.05) is 6.54 Å². The number of hydrogen-bond acceptors (Lipinski definition) is 3. The molecule has 0 radical (unpaired) electrons. The Morgan fingerprint density at radius 1 is 1.11 bits per heavy atom. The summed E-state index contributed by atoms with van der Waals surface area (Å²) in [6, 6.07) is 9.96. The molecule has 3 N–H and O–H groups in total. The molecular formula is C12H12BrN3O2. The second-order valence-corrected chi connectivity index (χ2v) is 4.55. The summed E-state index contributed by atoms with van der Waals surface area (Å²) >= 11 is 3.12. The van der Waals surface area contributed by atoms with Gasteiger partial charge in [-0.05, 0) is 27.9 Å². The molecule has 0 fully saturated rings. The lowest BCUT2D eigenvalue weighted by Crippen LogP contribution is -2.25. The highest BCUT2D eigenvalue weighted by Crippen LogP contribution is 2.12. The fraction of sp³-hybridized carbons (Fsp3) is 0.167. The van der Waals surface area contributed by atoms with E-state index in [1.165, 1.54) is 5.56 Å². The molecule has 0 aliphatic rings. The number of aromatic amines is 2. The molecule has 5 nitrogen and oxygen atoms in total. The summed E-state index contributed by atoms with van der Waals surface area (Å²) in [7, 11) is 0. The summed E-state index contributed by atoms with van der Waals surface area (Å²) in [5.74, 6) is 0.402. The van der Waals surface area contributed by atoms with Crippen LogP contribution in [0.15, 0.2) is 44.4 Å². The minimum atomic E-state index is -0.523. The smallest absolute Gasteiger partial charge is 0.327 e. The Balaban J connectivity index is 2.03. The lowest BCUT2D eigenvalue weighted by Gasteiger charge is -2.07. The fourth-order valence-corrected chi connectivity index (χ4v) is 1.91. The lowest BCUT2D eigenvalue weighted by molar-refractivity contribution is 0.966. The van der Waals surface area contributed by atoms with E-state index in [9.17, 15) is 9.59 Å². The average molecular weight is 310 g/mol. The van der Waals surface area contributed by atoms with Crippen LogP contribution in [-0.2, 0) is 6.42 Å². The predicted molar refractivity (Wildman–Crippen MR) is 74.0 cm³/mol. The van der Waals surface area contributed by atoms with Crippen LogP contribution in [0.25, 0.3) is 0 Å². The van der Waals surface area contributed by atoms with Gasteiger partial charge >= 0.3 is 5.69 Å². The Hall–Kier alpha value is -1.82. The first-order valence-electron chi connectivity index (χ1n) is 5.47. The van der Waals surface area contributed by atoms with Crippen LogP contribution in [0.1, 0.15) is 5.56 Å². The van der Waals surface area contributed by atoms with Crippen LogP contribution in [-0.4, -0.2) is 16.5 Å². The third-order valence-electron chi connectivity index (χ3n) is 2.44. The van der Waals surface area contributed by atoms with Crippen LogP contribution < -0.4 is 16.6 Å². The molecule has 6 heteroatoms. The molecule has 0 bridgehead atoms. The van der Waals surface area contributed by atoms with Crippen molar-refractivity contribution in [2.24, 2.45) is 0 Å². The van der Waals surface area contributed by atoms with E-state index in [4.69, 9.17) is 0 Å². The third kappa shape index (κ3) is 3.10. The van der Waals surface area contributed by atoms with Gasteiger partial charge in [-0.3, -0.25) is 14.8 Å². The van der Waals surface area contributed by atoms with Gasteiger partial charge in [-0.25, -0.2) is 4.79 Å². The van der Waals surface area contributed by atoms with Gasteiger partial charge in [0.2, 0.25) is 0 Å². The van der Waals surface area contributed by atoms with Crippen LogP contribution in [0.3, 0.4) is 0 Å². The molecule has 0 saturated carbocycles. The number of aromatic nitrogens is 2. The zero-order valence-corrected chi connectivity index (χ0v) is 11.1. The van der Waals surface area contributed by atoms with Gasteiger partial charge in [0.1, 0.15) is 10.3 Å². The molecule has 0 aliphatic heterocycles. The van der Waals surface area contributed by atoms with E-state index < -0.39 is 11.2 Å². The summed E-state index contributed by atoms with van der Waals surface area (Å²) < 4.78 is 0.301. The van der Waals surface area contributed by atoms with Gasteiger partial charge in [-0.1, -0.05) is 30.3 Å². The minimum absolute atomic E-state index is 0.301. The highest BCUT2D eigenvalue weighted by molar-refractivity contribution is 9.10. The van der Waals surface area contributed by atoms with Crippen LogP contribution in [0.5, 0.6) is 0 Å². The first-order chi connectivity index (χ1) is 8.66. The fourth-order valence-electron chi connectivity index (χ4n) is 1.57. The van der Waals surface area contributed by atoms with E-state index in [1.807, 2.05) is 30.3 Å². The van der Waals surface area contributed by atoms with E-state index in [1.54, 1.807) is 0 Å². The Morgan fingerprint density at radius 3 is 2.56 bits per heavy atom. The Bertz CT molecular complexity index is 634. The normalized spacial score (nSPS) is 10.3. The Kier molecular flexibility index (Phi) is 3.99. The largest absolute Gasteiger partial charge is 0.370 e. The van der Waals surface area contributed by atoms with Crippen molar-refractivity contribution in [1.29, 1.82) is 0 Å². The maximum atomic E-state index is 11.3. The number of H-pyrrole nitrogens is 2. The molecule has 0 unspecified atom stereocenters. The summed E-state index contributed by atoms with van der Waals surface area (Å²) in [5.41, 5.74) is 0.222. The molecule has 1 aromatic heterocycles. The number of anilines is 1. The minimum Gasteiger partial charge on any atom is -0.370 e. The maximum Gasteiger partial charge on any atom is 0.327 e. The monoisotopic (exact) mass is 309 g/mol. The molecule has 18 heavy (non-hydrogen) atoms. The molecule has 0 atom stereocenters. The Labute approximate surface area is 111 Å². The zero-order chi connectivity index (χ0) is 13.0. The summed E-state index contributed by atoms with van der Waals surface area (Å²) in [6.45, 7) is 0.627. The molecule has 0 spiro atoms. The number of benzene rings is 1. The summed E-state index contributed by atoms with van der Waals surface area (Å²) in [4.78, 5) is 27.1. The van der Waals surface area contributed by atoms with Gasteiger partial charge in [0.15, 0.2) is 0 Å². The van der Waals surface area contributed by atoms with Gasteiger partial charge < -0.3 is 5.32 Å². The predicted octanol–water partition coefficient (Wildman–Crippen LogP) is 1.48. The zero-order valence-electron chi connectivity index (χ0n) is 9.50. The second-order valence-electron chi connectivity index (χ2n) is 3.76. The summed E-state index contributed by atoms with van der Waals surface area (Å²) in [5, 5.41) is 3.02. The number of halogens is 1. The van der Waals surface area contributed by atoms with E-state index in [-0.39, 0.29) is 0 Å². The Morgan fingerprint density at radius 2 is 1.83 bits per heavy atom. The van der Waals surface area contributed by atoms with Crippen molar-refractivity contribution in [2.45, 2.75) is 6.42 Å². The van der Waals surface area contributed by atoms with Crippen molar-refractivity contribution in [3.63, 3.8) is 0 Å². The van der Waals surface area contributed by atoms with Gasteiger partial charge in [-0.2, -0.15) is 0 Å². The first kappa shape index (κ1) is 12.6. The molecule has 0 saturated heterocycles. The third-order valence-corrected chi connectivity index (χ3v) is 3.20. The SMILES string of the molecule is O=c1[nH]c(NCCc2ccccc2)c(Br)c(=O)[nH]1. The van der Waals surface area contributed by atoms with E-state index in [0.29, 0.717) is 16.8 Å². The van der Waals surface area contributed by atoms with Gasteiger partial charge in [-0.15, -0.1) is 0 Å².